The largest absolute Gasteiger partial charge is 0.506 e. The van der Waals surface area contributed by atoms with E-state index in [1.807, 2.05) is 6.92 Å². The van der Waals surface area contributed by atoms with E-state index in [0.29, 0.717) is 0 Å². The SMILES string of the molecule is CCc1ccc(S(=O)(=O)Nc2ccccc2O)cc1. The summed E-state index contributed by atoms with van der Waals surface area (Å²) in [4.78, 5) is 0.174. The van der Waals surface area contributed by atoms with E-state index in [1.165, 1.54) is 12.1 Å². The number of hydrogen-bond donors (Lipinski definition) is 2. The van der Waals surface area contributed by atoms with E-state index in [-0.39, 0.29) is 16.3 Å². The molecule has 100 valence electrons. The Bertz CT molecular complexity index is 663. The van der Waals surface area contributed by atoms with Crippen molar-refractivity contribution < 1.29 is 13.5 Å². The van der Waals surface area contributed by atoms with E-state index in [0.717, 1.165) is 12.0 Å². The molecular formula is C14H15NO3S. The molecule has 0 heterocycles. The van der Waals surface area contributed by atoms with Crippen LogP contribution in [0.2, 0.25) is 0 Å². The van der Waals surface area contributed by atoms with Crippen molar-refractivity contribution in [2.75, 3.05) is 4.72 Å². The van der Waals surface area contributed by atoms with E-state index in [1.54, 1.807) is 36.4 Å². The van der Waals surface area contributed by atoms with Gasteiger partial charge in [0.05, 0.1) is 10.6 Å². The van der Waals surface area contributed by atoms with Gasteiger partial charge in [-0.05, 0) is 36.2 Å². The van der Waals surface area contributed by atoms with Gasteiger partial charge in [-0.1, -0.05) is 31.2 Å². The van der Waals surface area contributed by atoms with Crippen molar-refractivity contribution in [1.82, 2.24) is 0 Å². The van der Waals surface area contributed by atoms with Gasteiger partial charge in [-0.2, -0.15) is 0 Å². The first-order valence-electron chi connectivity index (χ1n) is 5.92. The highest BCUT2D eigenvalue weighted by molar-refractivity contribution is 7.92. The lowest BCUT2D eigenvalue weighted by Crippen LogP contribution is -2.13. The summed E-state index contributed by atoms with van der Waals surface area (Å²) >= 11 is 0. The predicted octanol–water partition coefficient (Wildman–Crippen LogP) is 2.76. The Balaban J connectivity index is 2.30. The van der Waals surface area contributed by atoms with Gasteiger partial charge in [0.15, 0.2) is 0 Å². The maximum Gasteiger partial charge on any atom is 0.262 e. The highest BCUT2D eigenvalue weighted by Gasteiger charge is 2.15. The van der Waals surface area contributed by atoms with Crippen LogP contribution in [0.5, 0.6) is 5.75 Å². The number of sulfonamides is 1. The van der Waals surface area contributed by atoms with E-state index in [2.05, 4.69) is 4.72 Å². The molecule has 2 N–H and O–H groups in total. The molecule has 5 heteroatoms. The number of hydrogen-bond acceptors (Lipinski definition) is 3. The summed E-state index contributed by atoms with van der Waals surface area (Å²) in [7, 11) is -3.67. The first-order valence-corrected chi connectivity index (χ1v) is 7.41. The molecule has 0 aliphatic heterocycles. The quantitative estimate of drug-likeness (QED) is 0.844. The molecule has 0 atom stereocenters. The van der Waals surface area contributed by atoms with Crippen LogP contribution in [-0.4, -0.2) is 13.5 Å². The van der Waals surface area contributed by atoms with E-state index in [9.17, 15) is 13.5 Å². The summed E-state index contributed by atoms with van der Waals surface area (Å²) in [5.74, 6) is -0.101. The lowest BCUT2D eigenvalue weighted by Gasteiger charge is -2.09. The summed E-state index contributed by atoms with van der Waals surface area (Å²) < 4.78 is 26.6. The van der Waals surface area contributed by atoms with Crippen LogP contribution in [0.4, 0.5) is 5.69 Å². The molecule has 0 unspecified atom stereocenters. The van der Waals surface area contributed by atoms with Crippen LogP contribution >= 0.6 is 0 Å². The number of anilines is 1. The van der Waals surface area contributed by atoms with Crippen LogP contribution in [0.25, 0.3) is 0 Å². The Hall–Kier alpha value is -2.01. The second kappa shape index (κ2) is 5.32. The van der Waals surface area contributed by atoms with Crippen LogP contribution in [-0.2, 0) is 16.4 Å². The lowest BCUT2D eigenvalue weighted by atomic mass is 10.2. The van der Waals surface area contributed by atoms with Crippen LogP contribution in [0, 0.1) is 0 Å². The molecule has 4 nitrogen and oxygen atoms in total. The van der Waals surface area contributed by atoms with Gasteiger partial charge in [-0.25, -0.2) is 8.42 Å². The van der Waals surface area contributed by atoms with Crippen molar-refractivity contribution in [1.29, 1.82) is 0 Å². The molecule has 0 saturated carbocycles. The zero-order chi connectivity index (χ0) is 13.9. The van der Waals surface area contributed by atoms with Gasteiger partial charge >= 0.3 is 0 Å². The summed E-state index contributed by atoms with van der Waals surface area (Å²) in [5, 5.41) is 9.58. The molecule has 2 rings (SSSR count). The van der Waals surface area contributed by atoms with Crippen LogP contribution in [0.3, 0.4) is 0 Å². The fourth-order valence-corrected chi connectivity index (χ4v) is 2.74. The molecule has 0 aliphatic carbocycles. The average molecular weight is 277 g/mol. The number of aromatic hydroxyl groups is 1. The van der Waals surface area contributed by atoms with Crippen molar-refractivity contribution in [2.24, 2.45) is 0 Å². The highest BCUT2D eigenvalue weighted by Crippen LogP contribution is 2.24. The molecule has 0 amide bonds. The Labute approximate surface area is 112 Å². The molecule has 0 aromatic heterocycles. The molecule has 0 saturated heterocycles. The Morgan fingerprint density at radius 2 is 1.68 bits per heavy atom. The number of rotatable bonds is 4. The zero-order valence-corrected chi connectivity index (χ0v) is 11.3. The van der Waals surface area contributed by atoms with Crippen LogP contribution < -0.4 is 4.72 Å². The molecule has 0 bridgehead atoms. The van der Waals surface area contributed by atoms with Crippen LogP contribution in [0.15, 0.2) is 53.4 Å². The molecule has 0 fully saturated rings. The Morgan fingerprint density at radius 1 is 1.05 bits per heavy atom. The summed E-state index contributed by atoms with van der Waals surface area (Å²) in [6, 6.07) is 12.9. The van der Waals surface area contributed by atoms with Gasteiger partial charge in [-0.3, -0.25) is 4.72 Å². The van der Waals surface area contributed by atoms with Gasteiger partial charge < -0.3 is 5.11 Å². The van der Waals surface area contributed by atoms with Gasteiger partial charge in [0.25, 0.3) is 10.0 Å². The Kier molecular flexibility index (Phi) is 3.76. The van der Waals surface area contributed by atoms with Crippen LogP contribution in [0.1, 0.15) is 12.5 Å². The second-order valence-electron chi connectivity index (χ2n) is 4.12. The summed E-state index contributed by atoms with van der Waals surface area (Å²) in [6.45, 7) is 2.00. The van der Waals surface area contributed by atoms with Crippen molar-refractivity contribution in [3.63, 3.8) is 0 Å². The minimum Gasteiger partial charge on any atom is -0.506 e. The fourth-order valence-electron chi connectivity index (χ4n) is 1.67. The normalized spacial score (nSPS) is 11.2. The topological polar surface area (TPSA) is 66.4 Å². The highest BCUT2D eigenvalue weighted by atomic mass is 32.2. The van der Waals surface area contributed by atoms with E-state index in [4.69, 9.17) is 0 Å². The molecule has 0 radical (unpaired) electrons. The molecular weight excluding hydrogens is 262 g/mol. The monoisotopic (exact) mass is 277 g/mol. The number of aryl methyl sites for hydroxylation is 1. The number of para-hydroxylation sites is 2. The fraction of sp³-hybridized carbons (Fsp3) is 0.143. The molecule has 2 aromatic rings. The van der Waals surface area contributed by atoms with Crippen molar-refractivity contribution in [3.8, 4) is 5.75 Å². The number of phenolic OH excluding ortho intramolecular Hbond substituents is 1. The maximum atomic E-state index is 12.1. The standard InChI is InChI=1S/C14H15NO3S/c1-2-11-7-9-12(10-8-11)19(17,18)15-13-5-3-4-6-14(13)16/h3-10,15-16H,2H2,1H3. The molecule has 2 aromatic carbocycles. The third kappa shape index (κ3) is 3.06. The first kappa shape index (κ1) is 13.4. The average Bonchev–Trinajstić information content (AvgIpc) is 2.41. The summed E-state index contributed by atoms with van der Waals surface area (Å²) in [6.07, 6.45) is 0.854. The van der Waals surface area contributed by atoms with E-state index >= 15 is 0 Å². The molecule has 0 aliphatic rings. The third-order valence-electron chi connectivity index (χ3n) is 2.79. The Morgan fingerprint density at radius 3 is 2.26 bits per heavy atom. The van der Waals surface area contributed by atoms with Crippen molar-refractivity contribution in [2.45, 2.75) is 18.2 Å². The lowest BCUT2D eigenvalue weighted by molar-refractivity contribution is 0.477. The van der Waals surface area contributed by atoms with Crippen molar-refractivity contribution in [3.05, 3.63) is 54.1 Å². The minimum absolute atomic E-state index is 0.101. The summed E-state index contributed by atoms with van der Waals surface area (Å²) in [5.41, 5.74) is 1.24. The first-order chi connectivity index (χ1) is 9.03. The number of nitrogens with one attached hydrogen (secondary N) is 1. The predicted molar refractivity (Wildman–Crippen MR) is 74.7 cm³/mol. The van der Waals surface area contributed by atoms with Gasteiger partial charge in [0.2, 0.25) is 0 Å². The number of phenols is 1. The van der Waals surface area contributed by atoms with Gasteiger partial charge in [0.1, 0.15) is 5.75 Å². The van der Waals surface area contributed by atoms with Crippen molar-refractivity contribution >= 4 is 15.7 Å². The minimum atomic E-state index is -3.67. The number of benzene rings is 2. The van der Waals surface area contributed by atoms with Gasteiger partial charge in [-0.15, -0.1) is 0 Å². The van der Waals surface area contributed by atoms with Gasteiger partial charge in [0, 0.05) is 0 Å². The zero-order valence-electron chi connectivity index (χ0n) is 10.5. The smallest absolute Gasteiger partial charge is 0.262 e. The molecule has 0 spiro atoms. The molecule has 19 heavy (non-hydrogen) atoms. The third-order valence-corrected chi connectivity index (χ3v) is 4.17. The second-order valence-corrected chi connectivity index (χ2v) is 5.80. The maximum absolute atomic E-state index is 12.1. The van der Waals surface area contributed by atoms with E-state index < -0.39 is 10.0 Å².